The van der Waals surface area contributed by atoms with Crippen molar-refractivity contribution in [3.8, 4) is 5.75 Å². The average Bonchev–Trinajstić information content (AvgIpc) is 3.19. The normalized spacial score (nSPS) is 10.9. The molecule has 1 aromatic heterocycles. The second-order valence-corrected chi connectivity index (χ2v) is 6.07. The molecule has 0 atom stereocenters. The van der Waals surface area contributed by atoms with Crippen molar-refractivity contribution < 1.29 is 27.1 Å². The van der Waals surface area contributed by atoms with Crippen LogP contribution >= 0.6 is 12.2 Å². The van der Waals surface area contributed by atoms with Crippen molar-refractivity contribution in [3.63, 3.8) is 0 Å². The van der Waals surface area contributed by atoms with Crippen LogP contribution in [0, 0.1) is 0 Å². The van der Waals surface area contributed by atoms with Gasteiger partial charge in [-0.05, 0) is 72.9 Å². The Morgan fingerprint density at radius 2 is 1.38 bits per heavy atom. The number of halogens is 3. The standard InChI is InChI=1S/C19H14F3N3O3S/c20-19(21,22)28-15-9-7-14(8-10-15)25-18(29)24-13-5-3-12(4-6-13)23-17(26)16-2-1-11-27-16/h1-11H,(H,23,26)(H2,24,25,29). The summed E-state index contributed by atoms with van der Waals surface area (Å²) in [5.41, 5.74) is 1.70. The molecule has 150 valence electrons. The van der Waals surface area contributed by atoms with Gasteiger partial charge in [0.25, 0.3) is 5.91 Å². The molecule has 0 radical (unpaired) electrons. The Morgan fingerprint density at radius 3 is 1.86 bits per heavy atom. The SMILES string of the molecule is O=C(Nc1ccc(NC(=S)Nc2ccc(OC(F)(F)F)cc2)cc1)c1ccco1. The Balaban J connectivity index is 1.52. The number of rotatable bonds is 5. The van der Waals surface area contributed by atoms with Crippen molar-refractivity contribution >= 4 is 40.3 Å². The Bertz CT molecular complexity index is 973. The Kier molecular flexibility index (Phi) is 6.03. The second kappa shape index (κ2) is 8.65. The summed E-state index contributed by atoms with van der Waals surface area (Å²) in [5, 5.41) is 8.70. The van der Waals surface area contributed by atoms with Gasteiger partial charge < -0.3 is 25.1 Å². The molecule has 2 aromatic carbocycles. The number of benzene rings is 2. The Morgan fingerprint density at radius 1 is 0.862 bits per heavy atom. The van der Waals surface area contributed by atoms with Crippen LogP contribution in [0.2, 0.25) is 0 Å². The molecular weight excluding hydrogens is 407 g/mol. The Labute approximate surface area is 168 Å². The molecule has 10 heteroatoms. The number of amides is 1. The summed E-state index contributed by atoms with van der Waals surface area (Å²) >= 11 is 5.18. The first-order valence-electron chi connectivity index (χ1n) is 8.17. The van der Waals surface area contributed by atoms with Gasteiger partial charge in [-0.15, -0.1) is 13.2 Å². The highest BCUT2D eigenvalue weighted by molar-refractivity contribution is 7.80. The van der Waals surface area contributed by atoms with Crippen molar-refractivity contribution in [3.05, 3.63) is 72.7 Å². The van der Waals surface area contributed by atoms with E-state index in [1.165, 1.54) is 30.5 Å². The van der Waals surface area contributed by atoms with Gasteiger partial charge in [-0.1, -0.05) is 0 Å². The van der Waals surface area contributed by atoms with Crippen LogP contribution in [-0.2, 0) is 0 Å². The van der Waals surface area contributed by atoms with Gasteiger partial charge in [0.15, 0.2) is 10.9 Å². The summed E-state index contributed by atoms with van der Waals surface area (Å²) in [6, 6.07) is 15.1. The molecule has 1 amide bonds. The lowest BCUT2D eigenvalue weighted by atomic mass is 10.2. The number of nitrogens with one attached hydrogen (secondary N) is 3. The van der Waals surface area contributed by atoms with Gasteiger partial charge in [0, 0.05) is 17.1 Å². The molecule has 29 heavy (non-hydrogen) atoms. The minimum absolute atomic E-state index is 0.198. The molecule has 0 aliphatic heterocycles. The van der Waals surface area contributed by atoms with E-state index >= 15 is 0 Å². The van der Waals surface area contributed by atoms with Crippen molar-refractivity contribution in [2.24, 2.45) is 0 Å². The number of thiocarbonyl (C=S) groups is 1. The van der Waals surface area contributed by atoms with Crippen molar-refractivity contribution in [1.82, 2.24) is 0 Å². The predicted molar refractivity (Wildman–Crippen MR) is 106 cm³/mol. The van der Waals surface area contributed by atoms with Crippen LogP contribution in [0.4, 0.5) is 30.2 Å². The molecule has 0 aliphatic rings. The summed E-state index contributed by atoms with van der Waals surface area (Å²) in [7, 11) is 0. The molecule has 6 nitrogen and oxygen atoms in total. The molecule has 0 spiro atoms. The Hall–Kier alpha value is -3.53. The van der Waals surface area contributed by atoms with Crippen LogP contribution in [0.5, 0.6) is 5.75 Å². The summed E-state index contributed by atoms with van der Waals surface area (Å²) in [6.07, 6.45) is -3.33. The molecule has 3 N–H and O–H groups in total. The minimum atomic E-state index is -4.74. The van der Waals surface area contributed by atoms with E-state index in [1.807, 2.05) is 0 Å². The highest BCUT2D eigenvalue weighted by Crippen LogP contribution is 2.24. The summed E-state index contributed by atoms with van der Waals surface area (Å²) in [4.78, 5) is 11.9. The number of hydrogen-bond acceptors (Lipinski definition) is 4. The number of carbonyl (C=O) groups is 1. The number of ether oxygens (including phenoxy) is 1. The number of furan rings is 1. The number of hydrogen-bond donors (Lipinski definition) is 3. The monoisotopic (exact) mass is 421 g/mol. The number of carbonyl (C=O) groups excluding carboxylic acids is 1. The first-order chi connectivity index (χ1) is 13.8. The maximum atomic E-state index is 12.2. The fraction of sp³-hybridized carbons (Fsp3) is 0.0526. The fourth-order valence-electron chi connectivity index (χ4n) is 2.27. The van der Waals surface area contributed by atoms with Gasteiger partial charge in [0.1, 0.15) is 5.75 Å². The van der Waals surface area contributed by atoms with E-state index < -0.39 is 6.36 Å². The van der Waals surface area contributed by atoms with Gasteiger partial charge in [-0.3, -0.25) is 4.79 Å². The third-order valence-electron chi connectivity index (χ3n) is 3.49. The zero-order valence-corrected chi connectivity index (χ0v) is 15.4. The largest absolute Gasteiger partial charge is 0.573 e. The predicted octanol–water partition coefficient (Wildman–Crippen LogP) is 5.24. The number of anilines is 3. The second-order valence-electron chi connectivity index (χ2n) is 5.66. The van der Waals surface area contributed by atoms with Crippen LogP contribution in [-0.4, -0.2) is 17.4 Å². The van der Waals surface area contributed by atoms with Crippen molar-refractivity contribution in [2.45, 2.75) is 6.36 Å². The van der Waals surface area contributed by atoms with E-state index in [0.29, 0.717) is 17.1 Å². The third kappa shape index (κ3) is 6.25. The lowest BCUT2D eigenvalue weighted by molar-refractivity contribution is -0.274. The van der Waals surface area contributed by atoms with E-state index in [-0.39, 0.29) is 22.5 Å². The molecule has 0 unspecified atom stereocenters. The topological polar surface area (TPSA) is 75.5 Å². The summed E-state index contributed by atoms with van der Waals surface area (Å²) < 4.78 is 45.3. The molecule has 0 saturated carbocycles. The van der Waals surface area contributed by atoms with E-state index in [1.54, 1.807) is 36.4 Å². The summed E-state index contributed by atoms with van der Waals surface area (Å²) in [5.74, 6) is -0.496. The van der Waals surface area contributed by atoms with Crippen LogP contribution in [0.1, 0.15) is 10.6 Å². The molecule has 0 fully saturated rings. The van der Waals surface area contributed by atoms with Crippen molar-refractivity contribution in [1.29, 1.82) is 0 Å². The smallest absolute Gasteiger partial charge is 0.459 e. The average molecular weight is 421 g/mol. The van der Waals surface area contributed by atoms with Crippen LogP contribution in [0.15, 0.2) is 71.3 Å². The van der Waals surface area contributed by atoms with Crippen molar-refractivity contribution in [2.75, 3.05) is 16.0 Å². The maximum Gasteiger partial charge on any atom is 0.573 e. The highest BCUT2D eigenvalue weighted by atomic mass is 32.1. The molecular formula is C19H14F3N3O3S. The maximum absolute atomic E-state index is 12.2. The van der Waals surface area contributed by atoms with Gasteiger partial charge >= 0.3 is 6.36 Å². The van der Waals surface area contributed by atoms with E-state index in [0.717, 1.165) is 0 Å². The lowest BCUT2D eigenvalue weighted by Gasteiger charge is -2.12. The van der Waals surface area contributed by atoms with E-state index in [9.17, 15) is 18.0 Å². The summed E-state index contributed by atoms with van der Waals surface area (Å²) in [6.45, 7) is 0. The molecule has 1 heterocycles. The van der Waals surface area contributed by atoms with Gasteiger partial charge in [0.05, 0.1) is 6.26 Å². The van der Waals surface area contributed by atoms with Gasteiger partial charge in [-0.25, -0.2) is 0 Å². The van der Waals surface area contributed by atoms with Gasteiger partial charge in [0.2, 0.25) is 0 Å². The minimum Gasteiger partial charge on any atom is -0.459 e. The van der Waals surface area contributed by atoms with Crippen LogP contribution < -0.4 is 20.7 Å². The van der Waals surface area contributed by atoms with Gasteiger partial charge in [-0.2, -0.15) is 0 Å². The highest BCUT2D eigenvalue weighted by Gasteiger charge is 2.30. The van der Waals surface area contributed by atoms with Crippen LogP contribution in [0.25, 0.3) is 0 Å². The zero-order chi connectivity index (χ0) is 20.9. The zero-order valence-electron chi connectivity index (χ0n) is 14.6. The number of alkyl halides is 3. The van der Waals surface area contributed by atoms with Crippen LogP contribution in [0.3, 0.4) is 0 Å². The molecule has 0 bridgehead atoms. The molecule has 0 saturated heterocycles. The molecule has 3 aromatic rings. The van der Waals surface area contributed by atoms with E-state index in [2.05, 4.69) is 20.7 Å². The van der Waals surface area contributed by atoms with E-state index in [4.69, 9.17) is 16.6 Å². The molecule has 3 rings (SSSR count). The first kappa shape index (κ1) is 20.2. The lowest BCUT2D eigenvalue weighted by Crippen LogP contribution is -2.19. The first-order valence-corrected chi connectivity index (χ1v) is 8.58. The molecule has 0 aliphatic carbocycles. The fourth-order valence-corrected chi connectivity index (χ4v) is 2.51. The third-order valence-corrected chi connectivity index (χ3v) is 3.70. The quantitative estimate of drug-likeness (QED) is 0.489.